The number of carboxylic acid groups (broad SMARTS) is 1. The van der Waals surface area contributed by atoms with E-state index in [-0.39, 0.29) is 0 Å². The second-order valence-corrected chi connectivity index (χ2v) is 4.69. The molecular weight excluding hydrogens is 262 g/mol. The second-order valence-electron chi connectivity index (χ2n) is 3.92. The third-order valence-electron chi connectivity index (χ3n) is 2.62. The SMILES string of the molecule is CCNc1nc(SC)nc(C)c1/C=C(\CC)C(=O)O. The highest BCUT2D eigenvalue weighted by Crippen LogP contribution is 2.23. The van der Waals surface area contributed by atoms with Crippen LogP contribution in [0.1, 0.15) is 31.5 Å². The van der Waals surface area contributed by atoms with Crippen LogP contribution in [0.15, 0.2) is 10.7 Å². The van der Waals surface area contributed by atoms with Gasteiger partial charge in [-0.15, -0.1) is 0 Å². The topological polar surface area (TPSA) is 75.1 Å². The molecule has 0 aliphatic carbocycles. The Morgan fingerprint density at radius 1 is 1.42 bits per heavy atom. The van der Waals surface area contributed by atoms with E-state index in [4.69, 9.17) is 5.11 Å². The van der Waals surface area contributed by atoms with Gasteiger partial charge >= 0.3 is 5.97 Å². The van der Waals surface area contributed by atoms with E-state index in [1.807, 2.05) is 27.0 Å². The van der Waals surface area contributed by atoms with Crippen molar-refractivity contribution in [2.75, 3.05) is 18.1 Å². The number of hydrogen-bond acceptors (Lipinski definition) is 5. The third-order valence-corrected chi connectivity index (χ3v) is 3.16. The van der Waals surface area contributed by atoms with Crippen molar-refractivity contribution in [3.8, 4) is 0 Å². The van der Waals surface area contributed by atoms with Crippen molar-refractivity contribution in [2.45, 2.75) is 32.3 Å². The van der Waals surface area contributed by atoms with Crippen LogP contribution >= 0.6 is 11.8 Å². The molecule has 5 nitrogen and oxygen atoms in total. The molecule has 19 heavy (non-hydrogen) atoms. The lowest BCUT2D eigenvalue weighted by molar-refractivity contribution is -0.132. The van der Waals surface area contributed by atoms with E-state index >= 15 is 0 Å². The number of hydrogen-bond donors (Lipinski definition) is 2. The summed E-state index contributed by atoms with van der Waals surface area (Å²) in [6, 6.07) is 0. The number of aliphatic carboxylic acids is 1. The van der Waals surface area contributed by atoms with Gasteiger partial charge in [0.05, 0.1) is 5.69 Å². The van der Waals surface area contributed by atoms with Crippen LogP contribution in [0.3, 0.4) is 0 Å². The van der Waals surface area contributed by atoms with Crippen LogP contribution in [-0.2, 0) is 4.79 Å². The fraction of sp³-hybridized carbons (Fsp3) is 0.462. The standard InChI is InChI=1S/C13H19N3O2S/c1-5-9(12(17)18)7-10-8(3)15-13(19-4)16-11(10)14-6-2/h7H,5-6H2,1-4H3,(H,17,18)(H,14,15,16)/b9-7+. The lowest BCUT2D eigenvalue weighted by Gasteiger charge is -2.11. The smallest absolute Gasteiger partial charge is 0.331 e. The van der Waals surface area contributed by atoms with Crippen LogP contribution in [0.5, 0.6) is 0 Å². The van der Waals surface area contributed by atoms with E-state index < -0.39 is 5.97 Å². The fourth-order valence-corrected chi connectivity index (χ4v) is 2.02. The minimum Gasteiger partial charge on any atom is -0.478 e. The Bertz CT molecular complexity index is 501. The Morgan fingerprint density at radius 3 is 2.58 bits per heavy atom. The summed E-state index contributed by atoms with van der Waals surface area (Å²) in [7, 11) is 0. The van der Waals surface area contributed by atoms with E-state index in [0.29, 0.717) is 23.0 Å². The number of aryl methyl sites for hydroxylation is 1. The van der Waals surface area contributed by atoms with Gasteiger partial charge in [0.1, 0.15) is 5.82 Å². The van der Waals surface area contributed by atoms with Crippen LogP contribution in [0.2, 0.25) is 0 Å². The van der Waals surface area contributed by atoms with E-state index in [0.717, 1.165) is 17.8 Å². The van der Waals surface area contributed by atoms with E-state index in [1.165, 1.54) is 11.8 Å². The van der Waals surface area contributed by atoms with Crippen molar-refractivity contribution >= 4 is 29.6 Å². The maximum Gasteiger partial charge on any atom is 0.331 e. The molecule has 0 saturated carbocycles. The molecule has 1 aromatic heterocycles. The Labute approximate surface area is 117 Å². The Kier molecular flexibility index (Phi) is 5.82. The zero-order chi connectivity index (χ0) is 14.4. The first-order chi connectivity index (χ1) is 9.03. The summed E-state index contributed by atoms with van der Waals surface area (Å²) in [4.78, 5) is 19.9. The average molecular weight is 281 g/mol. The molecule has 0 aliphatic rings. The van der Waals surface area contributed by atoms with Gasteiger partial charge in [-0.3, -0.25) is 0 Å². The molecule has 0 radical (unpaired) electrons. The average Bonchev–Trinajstić information content (AvgIpc) is 2.37. The Balaban J connectivity index is 3.35. The van der Waals surface area contributed by atoms with Crippen molar-refractivity contribution < 1.29 is 9.90 Å². The number of carboxylic acids is 1. The van der Waals surface area contributed by atoms with Crippen LogP contribution < -0.4 is 5.32 Å². The van der Waals surface area contributed by atoms with Gasteiger partial charge < -0.3 is 10.4 Å². The minimum absolute atomic E-state index is 0.350. The molecule has 1 aromatic rings. The van der Waals surface area contributed by atoms with Gasteiger partial charge in [-0.2, -0.15) is 0 Å². The Hall–Kier alpha value is -1.56. The maximum absolute atomic E-state index is 11.1. The molecule has 0 amide bonds. The molecule has 104 valence electrons. The number of rotatable bonds is 6. The summed E-state index contributed by atoms with van der Waals surface area (Å²) >= 11 is 1.46. The lowest BCUT2D eigenvalue weighted by Crippen LogP contribution is -2.07. The second kappa shape index (κ2) is 7.13. The van der Waals surface area contributed by atoms with E-state index in [1.54, 1.807) is 6.08 Å². The summed E-state index contributed by atoms with van der Waals surface area (Å²) in [5.41, 5.74) is 1.88. The Morgan fingerprint density at radius 2 is 2.11 bits per heavy atom. The highest BCUT2D eigenvalue weighted by atomic mass is 32.2. The highest BCUT2D eigenvalue weighted by Gasteiger charge is 2.12. The first-order valence-corrected chi connectivity index (χ1v) is 7.36. The minimum atomic E-state index is -0.904. The largest absolute Gasteiger partial charge is 0.478 e. The number of thioether (sulfide) groups is 1. The fourth-order valence-electron chi connectivity index (χ4n) is 1.61. The molecule has 0 fully saturated rings. The molecule has 0 saturated heterocycles. The van der Waals surface area contributed by atoms with Crippen LogP contribution in [0.4, 0.5) is 5.82 Å². The van der Waals surface area contributed by atoms with Crippen molar-refractivity contribution in [3.63, 3.8) is 0 Å². The molecule has 0 aliphatic heterocycles. The van der Waals surface area contributed by atoms with Gasteiger partial charge in [-0.05, 0) is 32.6 Å². The number of carbonyl (C=O) groups is 1. The van der Waals surface area contributed by atoms with Crippen molar-refractivity contribution in [1.82, 2.24) is 9.97 Å². The first kappa shape index (κ1) is 15.5. The summed E-state index contributed by atoms with van der Waals surface area (Å²) in [6.07, 6.45) is 4.03. The van der Waals surface area contributed by atoms with Crippen molar-refractivity contribution in [3.05, 3.63) is 16.8 Å². The maximum atomic E-state index is 11.1. The summed E-state index contributed by atoms with van der Waals surface area (Å²) < 4.78 is 0. The monoisotopic (exact) mass is 281 g/mol. The van der Waals surface area contributed by atoms with Gasteiger partial charge in [0.25, 0.3) is 0 Å². The van der Waals surface area contributed by atoms with Crippen molar-refractivity contribution in [2.24, 2.45) is 0 Å². The van der Waals surface area contributed by atoms with Gasteiger partial charge in [0.2, 0.25) is 0 Å². The number of anilines is 1. The summed E-state index contributed by atoms with van der Waals surface area (Å²) in [6.45, 7) is 6.38. The van der Waals surface area contributed by atoms with Gasteiger partial charge in [0.15, 0.2) is 5.16 Å². The van der Waals surface area contributed by atoms with Gasteiger partial charge in [0, 0.05) is 17.7 Å². The molecule has 6 heteroatoms. The lowest BCUT2D eigenvalue weighted by atomic mass is 10.1. The molecule has 1 heterocycles. The summed E-state index contributed by atoms with van der Waals surface area (Å²) in [5.74, 6) is -0.218. The number of aromatic nitrogens is 2. The zero-order valence-electron chi connectivity index (χ0n) is 11.6. The van der Waals surface area contributed by atoms with E-state index in [9.17, 15) is 4.79 Å². The van der Waals surface area contributed by atoms with Crippen LogP contribution in [0, 0.1) is 6.92 Å². The highest BCUT2D eigenvalue weighted by molar-refractivity contribution is 7.98. The van der Waals surface area contributed by atoms with E-state index in [2.05, 4.69) is 15.3 Å². The summed E-state index contributed by atoms with van der Waals surface area (Å²) in [5, 5.41) is 13.0. The molecule has 1 rings (SSSR count). The molecular formula is C13H19N3O2S. The quantitative estimate of drug-likeness (QED) is 0.474. The van der Waals surface area contributed by atoms with Crippen molar-refractivity contribution in [1.29, 1.82) is 0 Å². The van der Waals surface area contributed by atoms with Crippen LogP contribution in [0.25, 0.3) is 6.08 Å². The van der Waals surface area contributed by atoms with Gasteiger partial charge in [-0.1, -0.05) is 18.7 Å². The molecule has 0 spiro atoms. The normalized spacial score (nSPS) is 11.5. The molecule has 0 unspecified atom stereocenters. The molecule has 2 N–H and O–H groups in total. The predicted molar refractivity (Wildman–Crippen MR) is 78.6 cm³/mol. The van der Waals surface area contributed by atoms with Crippen LogP contribution in [-0.4, -0.2) is 33.8 Å². The number of nitrogens with zero attached hydrogens (tertiary/aromatic N) is 2. The van der Waals surface area contributed by atoms with Gasteiger partial charge in [-0.25, -0.2) is 14.8 Å². The molecule has 0 aromatic carbocycles. The first-order valence-electron chi connectivity index (χ1n) is 6.13. The number of nitrogens with one attached hydrogen (secondary N) is 1. The zero-order valence-corrected chi connectivity index (χ0v) is 12.5. The predicted octanol–water partition coefficient (Wildman–Crippen LogP) is 2.82. The molecule has 0 atom stereocenters. The molecule has 0 bridgehead atoms. The third kappa shape index (κ3) is 3.96.